The molecule has 5 nitrogen and oxygen atoms in total. The van der Waals surface area contributed by atoms with Crippen molar-refractivity contribution in [1.29, 1.82) is 0 Å². The van der Waals surface area contributed by atoms with Crippen LogP contribution < -0.4 is 14.8 Å². The molecule has 0 saturated carbocycles. The molecule has 0 bridgehead atoms. The van der Waals surface area contributed by atoms with Gasteiger partial charge in [0.05, 0.1) is 18.1 Å². The molecule has 25 heavy (non-hydrogen) atoms. The Bertz CT molecular complexity index is 824. The number of amides is 1. The number of hydrogen-bond acceptors (Lipinski definition) is 6. The van der Waals surface area contributed by atoms with Crippen molar-refractivity contribution < 1.29 is 14.3 Å². The minimum Gasteiger partial charge on any atom is -0.497 e. The molecule has 1 N–H and O–H groups in total. The van der Waals surface area contributed by atoms with E-state index in [2.05, 4.69) is 9.71 Å². The number of benzene rings is 2. The van der Waals surface area contributed by atoms with Gasteiger partial charge in [-0.25, -0.2) is 0 Å². The summed E-state index contributed by atoms with van der Waals surface area (Å²) < 4.78 is 14.9. The number of rotatable bonds is 5. The molecule has 3 rings (SSSR count). The van der Waals surface area contributed by atoms with Crippen molar-refractivity contribution >= 4 is 50.1 Å². The molecule has 0 radical (unpaired) electrons. The number of anilines is 1. The lowest BCUT2D eigenvalue weighted by Gasteiger charge is -2.13. The zero-order valence-electron chi connectivity index (χ0n) is 13.1. The number of ether oxygens (including phenoxy) is 2. The van der Waals surface area contributed by atoms with Crippen LogP contribution in [0.25, 0.3) is 0 Å². The minimum absolute atomic E-state index is 0.103. The number of methoxy groups -OCH3 is 1. The Labute approximate surface area is 158 Å². The molecule has 2 aromatic rings. The van der Waals surface area contributed by atoms with Gasteiger partial charge in [-0.2, -0.15) is 4.40 Å². The predicted molar refractivity (Wildman–Crippen MR) is 104 cm³/mol. The number of hydrogen-bond donors (Lipinski definition) is 1. The fourth-order valence-electron chi connectivity index (χ4n) is 1.96. The van der Waals surface area contributed by atoms with Crippen LogP contribution in [0.5, 0.6) is 11.5 Å². The van der Waals surface area contributed by atoms with Crippen LogP contribution in [0.1, 0.15) is 0 Å². The van der Waals surface area contributed by atoms with Gasteiger partial charge < -0.3 is 14.8 Å². The number of allylic oxidation sites excluding steroid dienone is 1. The first kappa shape index (κ1) is 17.7. The van der Waals surface area contributed by atoms with E-state index >= 15 is 0 Å². The average Bonchev–Trinajstić information content (AvgIpc) is 3.07. The van der Waals surface area contributed by atoms with Crippen molar-refractivity contribution in [2.75, 3.05) is 12.4 Å². The zero-order valence-corrected chi connectivity index (χ0v) is 15.5. The Morgan fingerprint density at radius 3 is 2.40 bits per heavy atom. The maximum Gasteiger partial charge on any atom is 0.292 e. The number of carbonyl (C=O) groups excluding carboxylic acids is 1. The maximum atomic E-state index is 12.7. The quantitative estimate of drug-likeness (QED) is 0.340. The third kappa shape index (κ3) is 4.50. The Morgan fingerprint density at radius 1 is 1.08 bits per heavy atom. The molecule has 1 amide bonds. The summed E-state index contributed by atoms with van der Waals surface area (Å²) >= 11 is 6.10. The first-order valence-corrected chi connectivity index (χ1v) is 9.66. The summed E-state index contributed by atoms with van der Waals surface area (Å²) in [6.45, 7) is 0. The second-order valence-corrected chi connectivity index (χ2v) is 7.01. The van der Waals surface area contributed by atoms with Crippen molar-refractivity contribution in [3.63, 3.8) is 0 Å². The number of carbonyl (C=O) groups is 1. The van der Waals surface area contributed by atoms with Gasteiger partial charge in [-0.15, -0.1) is 0 Å². The van der Waals surface area contributed by atoms with E-state index in [4.69, 9.17) is 21.1 Å². The normalized spacial score (nSPS) is 15.4. The maximum absolute atomic E-state index is 12.7. The lowest BCUT2D eigenvalue weighted by molar-refractivity contribution is -0.114. The molecule has 2 aromatic carbocycles. The predicted octanol–water partition coefficient (Wildman–Crippen LogP) is 4.87. The van der Waals surface area contributed by atoms with Gasteiger partial charge in [-0.1, -0.05) is 29.8 Å². The van der Waals surface area contributed by atoms with E-state index in [9.17, 15) is 4.79 Å². The second kappa shape index (κ2) is 8.33. The van der Waals surface area contributed by atoms with Gasteiger partial charge in [0.15, 0.2) is 5.17 Å². The van der Waals surface area contributed by atoms with E-state index in [1.165, 1.54) is 21.8 Å². The van der Waals surface area contributed by atoms with Crippen LogP contribution in [-0.4, -0.2) is 18.2 Å². The average molecular weight is 393 g/mol. The lowest BCUT2D eigenvalue weighted by Crippen LogP contribution is -2.20. The van der Waals surface area contributed by atoms with Crippen molar-refractivity contribution in [2.24, 2.45) is 4.40 Å². The van der Waals surface area contributed by atoms with E-state index in [0.29, 0.717) is 22.1 Å². The van der Waals surface area contributed by atoms with Crippen molar-refractivity contribution in [2.45, 2.75) is 0 Å². The first-order chi connectivity index (χ1) is 12.2. The van der Waals surface area contributed by atoms with Gasteiger partial charge in [-0.3, -0.25) is 4.79 Å². The molecule has 0 aromatic heterocycles. The van der Waals surface area contributed by atoms with E-state index in [0.717, 1.165) is 0 Å². The van der Waals surface area contributed by atoms with Crippen molar-refractivity contribution in [3.8, 4) is 11.5 Å². The molecule has 8 heteroatoms. The Balaban J connectivity index is 1.86. The third-order valence-electron chi connectivity index (χ3n) is 3.15. The number of halogens is 1. The molecule has 0 fully saturated rings. The highest BCUT2D eigenvalue weighted by Gasteiger charge is 2.26. The highest BCUT2D eigenvalue weighted by molar-refractivity contribution is 8.78. The SMILES string of the molecule is COc1ccc(NC(=O)/C(Oc2ccccc2)=C2\SSN=C2Cl)cc1. The molecule has 0 spiro atoms. The van der Waals surface area contributed by atoms with Gasteiger partial charge >= 0.3 is 0 Å². The molecule has 0 aliphatic carbocycles. The molecule has 1 heterocycles. The molecule has 0 unspecified atom stereocenters. The molecular formula is C17H13ClN2O3S2. The first-order valence-electron chi connectivity index (χ1n) is 7.17. The van der Waals surface area contributed by atoms with Crippen LogP contribution in [-0.2, 0) is 4.79 Å². The van der Waals surface area contributed by atoms with Gasteiger partial charge in [0, 0.05) is 5.69 Å². The topological polar surface area (TPSA) is 59.9 Å². The van der Waals surface area contributed by atoms with Crippen LogP contribution in [0.2, 0.25) is 0 Å². The molecule has 1 aliphatic rings. The number of para-hydroxylation sites is 1. The van der Waals surface area contributed by atoms with Crippen LogP contribution >= 0.6 is 33.4 Å². The third-order valence-corrected chi connectivity index (χ3v) is 5.46. The largest absolute Gasteiger partial charge is 0.497 e. The molecule has 1 aliphatic heterocycles. The van der Waals surface area contributed by atoms with E-state index in [1.54, 1.807) is 43.5 Å². The molecule has 128 valence electrons. The summed E-state index contributed by atoms with van der Waals surface area (Å²) in [5.41, 5.74) is 0.615. The van der Waals surface area contributed by atoms with Crippen molar-refractivity contribution in [1.82, 2.24) is 0 Å². The Hall–Kier alpha value is -2.09. The molecule has 0 atom stereocenters. The summed E-state index contributed by atoms with van der Waals surface area (Å²) in [6, 6.07) is 16.0. The summed E-state index contributed by atoms with van der Waals surface area (Å²) in [5, 5.41) is 3.04. The number of nitrogens with zero attached hydrogens (tertiary/aromatic N) is 1. The summed E-state index contributed by atoms with van der Waals surface area (Å²) in [5.74, 6) is 0.935. The number of nitrogens with one attached hydrogen (secondary N) is 1. The fraction of sp³-hybridized carbons (Fsp3) is 0.0588. The zero-order chi connectivity index (χ0) is 17.6. The lowest BCUT2D eigenvalue weighted by atomic mass is 10.3. The van der Waals surface area contributed by atoms with Gasteiger partial charge in [0.1, 0.15) is 16.4 Å². The second-order valence-electron chi connectivity index (χ2n) is 4.80. The van der Waals surface area contributed by atoms with Crippen molar-refractivity contribution in [3.05, 3.63) is 65.3 Å². The smallest absolute Gasteiger partial charge is 0.292 e. The monoisotopic (exact) mass is 392 g/mol. The van der Waals surface area contributed by atoms with Gasteiger partial charge in [-0.05, 0) is 47.2 Å². The summed E-state index contributed by atoms with van der Waals surface area (Å²) in [4.78, 5) is 13.2. The standard InChI is InChI=1S/C17H13ClN2O3S2/c1-22-12-9-7-11(8-10-12)19-17(21)14(15-16(18)20-25-24-15)23-13-5-3-2-4-6-13/h2-10H,1H3,(H,19,21)/b15-14+. The Kier molecular flexibility index (Phi) is 5.91. The molecule has 0 saturated heterocycles. The minimum atomic E-state index is -0.410. The van der Waals surface area contributed by atoms with Crippen LogP contribution in [0.15, 0.2) is 69.7 Å². The fourth-order valence-corrected chi connectivity index (χ4v) is 4.20. The van der Waals surface area contributed by atoms with Crippen LogP contribution in [0.3, 0.4) is 0 Å². The van der Waals surface area contributed by atoms with E-state index < -0.39 is 5.91 Å². The van der Waals surface area contributed by atoms with Gasteiger partial charge in [0.2, 0.25) is 5.76 Å². The Morgan fingerprint density at radius 2 is 1.80 bits per heavy atom. The van der Waals surface area contributed by atoms with E-state index in [-0.39, 0.29) is 10.9 Å². The summed E-state index contributed by atoms with van der Waals surface area (Å²) in [6.07, 6.45) is 0. The highest BCUT2D eigenvalue weighted by Crippen LogP contribution is 2.42. The molecular weight excluding hydrogens is 380 g/mol. The highest BCUT2D eigenvalue weighted by atomic mass is 35.5. The van der Waals surface area contributed by atoms with Gasteiger partial charge in [0.25, 0.3) is 5.91 Å². The van der Waals surface area contributed by atoms with Crippen LogP contribution in [0, 0.1) is 0 Å². The summed E-state index contributed by atoms with van der Waals surface area (Å²) in [7, 11) is 4.06. The van der Waals surface area contributed by atoms with E-state index in [1.807, 2.05) is 18.2 Å². The van der Waals surface area contributed by atoms with Crippen LogP contribution in [0.4, 0.5) is 5.69 Å².